The van der Waals surface area contributed by atoms with E-state index in [4.69, 9.17) is 39.5 Å². The van der Waals surface area contributed by atoms with Crippen molar-refractivity contribution in [1.82, 2.24) is 19.9 Å². The van der Waals surface area contributed by atoms with Gasteiger partial charge in [0, 0.05) is 0 Å². The Morgan fingerprint density at radius 1 is 0.875 bits per heavy atom. The van der Waals surface area contributed by atoms with Crippen LogP contribution in [0.15, 0.2) is 22.9 Å². The predicted molar refractivity (Wildman–Crippen MR) is 101 cm³/mol. The van der Waals surface area contributed by atoms with Crippen LogP contribution in [0.3, 0.4) is 0 Å². The van der Waals surface area contributed by atoms with Gasteiger partial charge in [-0.15, -0.1) is 22.7 Å². The predicted octanol–water partition coefficient (Wildman–Crippen LogP) is 5.74. The van der Waals surface area contributed by atoms with E-state index >= 15 is 0 Å². The van der Waals surface area contributed by atoms with Gasteiger partial charge in [0.05, 0.1) is 22.3 Å². The molecule has 0 aliphatic heterocycles. The molecule has 0 unspecified atom stereocenters. The fraction of sp³-hybridized carbons (Fsp3) is 0.143. The molecule has 0 fully saturated rings. The van der Waals surface area contributed by atoms with E-state index in [-0.39, 0.29) is 10.6 Å². The molecular weight excluding hydrogens is 411 g/mol. The molecule has 24 heavy (non-hydrogen) atoms. The second kappa shape index (κ2) is 7.76. The Morgan fingerprint density at radius 3 is 2.12 bits per heavy atom. The first-order valence-electron chi connectivity index (χ1n) is 6.68. The summed E-state index contributed by atoms with van der Waals surface area (Å²) < 4.78 is 7.17. The summed E-state index contributed by atoms with van der Waals surface area (Å²) in [6.07, 6.45) is 0. The standard InChI is InChI=1S/C8H7ClN2OS.C6H2Cl2N2S/c1-2-12-7-6-5(3-4-13-6)10-8(9)11-7;7-5-4-3(1-2-11-4)9-6(8)10-5/h3-4H,2H2,1H3;1-2H. The molecule has 5 nitrogen and oxygen atoms in total. The van der Waals surface area contributed by atoms with Crippen LogP contribution in [0.25, 0.3) is 20.4 Å². The molecule has 0 aliphatic rings. The Balaban J connectivity index is 0.000000143. The van der Waals surface area contributed by atoms with Crippen molar-refractivity contribution in [3.63, 3.8) is 0 Å². The van der Waals surface area contributed by atoms with Crippen LogP contribution < -0.4 is 4.74 Å². The largest absolute Gasteiger partial charge is 0.477 e. The molecular formula is C14H9Cl3N4OS2. The molecule has 0 radical (unpaired) electrons. The molecule has 4 aromatic rings. The van der Waals surface area contributed by atoms with Crippen molar-refractivity contribution in [2.24, 2.45) is 0 Å². The molecule has 0 atom stereocenters. The van der Waals surface area contributed by atoms with Gasteiger partial charge < -0.3 is 4.74 Å². The summed E-state index contributed by atoms with van der Waals surface area (Å²) in [4.78, 5) is 15.9. The molecule has 10 heteroatoms. The highest BCUT2D eigenvalue weighted by Gasteiger charge is 2.08. The molecule has 4 heterocycles. The third-order valence-electron chi connectivity index (χ3n) is 2.76. The van der Waals surface area contributed by atoms with Crippen LogP contribution in [-0.2, 0) is 0 Å². The maximum Gasteiger partial charge on any atom is 0.236 e. The minimum absolute atomic E-state index is 0.195. The van der Waals surface area contributed by atoms with Crippen LogP contribution in [0.1, 0.15) is 6.92 Å². The normalized spacial score (nSPS) is 10.7. The molecule has 0 amide bonds. The molecule has 0 bridgehead atoms. The van der Waals surface area contributed by atoms with Gasteiger partial charge >= 0.3 is 0 Å². The van der Waals surface area contributed by atoms with Gasteiger partial charge in [0.1, 0.15) is 4.70 Å². The van der Waals surface area contributed by atoms with E-state index in [0.29, 0.717) is 17.6 Å². The summed E-state index contributed by atoms with van der Waals surface area (Å²) in [5.74, 6) is 0.576. The highest BCUT2D eigenvalue weighted by molar-refractivity contribution is 7.18. The fourth-order valence-electron chi connectivity index (χ4n) is 1.85. The lowest BCUT2D eigenvalue weighted by atomic mass is 10.5. The van der Waals surface area contributed by atoms with Crippen molar-refractivity contribution in [3.05, 3.63) is 38.6 Å². The van der Waals surface area contributed by atoms with E-state index in [2.05, 4.69) is 19.9 Å². The number of ether oxygens (including phenoxy) is 1. The fourth-order valence-corrected chi connectivity index (χ4v) is 4.03. The number of hydrogen-bond acceptors (Lipinski definition) is 7. The number of aromatic nitrogens is 4. The van der Waals surface area contributed by atoms with E-state index in [0.717, 1.165) is 20.4 Å². The van der Waals surface area contributed by atoms with Gasteiger partial charge in [0.15, 0.2) is 5.15 Å². The Hall–Kier alpha value is -1.25. The molecule has 0 spiro atoms. The molecule has 4 aromatic heterocycles. The van der Waals surface area contributed by atoms with Gasteiger partial charge in [-0.2, -0.15) is 4.98 Å². The Bertz CT molecular complexity index is 989. The van der Waals surface area contributed by atoms with Crippen LogP contribution in [0, 0.1) is 0 Å². The second-order valence-corrected chi connectivity index (χ2v) is 7.15. The number of nitrogens with zero attached hydrogens (tertiary/aromatic N) is 4. The third kappa shape index (κ3) is 3.87. The summed E-state index contributed by atoms with van der Waals surface area (Å²) in [6.45, 7) is 2.50. The topological polar surface area (TPSA) is 60.8 Å². The minimum Gasteiger partial charge on any atom is -0.477 e. The summed E-state index contributed by atoms with van der Waals surface area (Å²) in [5, 5.41) is 4.70. The Morgan fingerprint density at radius 2 is 1.46 bits per heavy atom. The number of thiophene rings is 2. The molecule has 0 saturated heterocycles. The monoisotopic (exact) mass is 418 g/mol. The van der Waals surface area contributed by atoms with E-state index in [1.165, 1.54) is 11.3 Å². The van der Waals surface area contributed by atoms with Crippen molar-refractivity contribution >= 4 is 77.9 Å². The third-order valence-corrected chi connectivity index (χ3v) is 5.29. The first-order valence-corrected chi connectivity index (χ1v) is 9.57. The zero-order valence-electron chi connectivity index (χ0n) is 12.2. The van der Waals surface area contributed by atoms with Gasteiger partial charge in [-0.05, 0) is 53.0 Å². The average Bonchev–Trinajstić information content (AvgIpc) is 3.16. The van der Waals surface area contributed by atoms with Crippen LogP contribution in [0.4, 0.5) is 0 Å². The Labute approximate surface area is 160 Å². The Kier molecular flexibility index (Phi) is 5.68. The SMILES string of the molecule is CCOc1nc(Cl)nc2ccsc12.Clc1nc(Cl)c2sccc2n1. The number of rotatable bonds is 2. The lowest BCUT2D eigenvalue weighted by Crippen LogP contribution is -1.95. The van der Waals surface area contributed by atoms with E-state index < -0.39 is 0 Å². The smallest absolute Gasteiger partial charge is 0.236 e. The summed E-state index contributed by atoms with van der Waals surface area (Å²) >= 11 is 20.1. The van der Waals surface area contributed by atoms with E-state index in [1.807, 2.05) is 29.8 Å². The van der Waals surface area contributed by atoms with Crippen LogP contribution >= 0.6 is 57.5 Å². The lowest BCUT2D eigenvalue weighted by molar-refractivity contribution is 0.331. The first-order chi connectivity index (χ1) is 11.6. The molecule has 124 valence electrons. The van der Waals surface area contributed by atoms with E-state index in [9.17, 15) is 0 Å². The van der Waals surface area contributed by atoms with Gasteiger partial charge in [0.2, 0.25) is 16.4 Å². The molecule has 0 saturated carbocycles. The average molecular weight is 420 g/mol. The highest BCUT2D eigenvalue weighted by atomic mass is 35.5. The number of fused-ring (bicyclic) bond motifs is 2. The highest BCUT2D eigenvalue weighted by Crippen LogP contribution is 2.29. The van der Waals surface area contributed by atoms with Crippen molar-refractivity contribution in [2.45, 2.75) is 6.92 Å². The number of halogens is 3. The summed E-state index contributed by atoms with van der Waals surface area (Å²) in [5.41, 5.74) is 1.65. The maximum atomic E-state index is 5.78. The van der Waals surface area contributed by atoms with Crippen molar-refractivity contribution in [1.29, 1.82) is 0 Å². The zero-order chi connectivity index (χ0) is 17.1. The van der Waals surface area contributed by atoms with Crippen LogP contribution in [-0.4, -0.2) is 26.5 Å². The molecule has 0 aliphatic carbocycles. The first kappa shape index (κ1) is 17.6. The maximum absolute atomic E-state index is 5.78. The van der Waals surface area contributed by atoms with Crippen molar-refractivity contribution < 1.29 is 4.74 Å². The van der Waals surface area contributed by atoms with Gasteiger partial charge in [-0.1, -0.05) is 11.6 Å². The van der Waals surface area contributed by atoms with Gasteiger partial charge in [-0.25, -0.2) is 15.0 Å². The summed E-state index contributed by atoms with van der Waals surface area (Å²) in [7, 11) is 0. The summed E-state index contributed by atoms with van der Waals surface area (Å²) in [6, 6.07) is 3.76. The molecule has 0 N–H and O–H groups in total. The van der Waals surface area contributed by atoms with Crippen molar-refractivity contribution in [3.8, 4) is 5.88 Å². The molecule has 0 aromatic carbocycles. The van der Waals surface area contributed by atoms with Crippen molar-refractivity contribution in [2.75, 3.05) is 6.61 Å². The van der Waals surface area contributed by atoms with Gasteiger partial charge in [-0.3, -0.25) is 0 Å². The number of hydrogen-bond donors (Lipinski definition) is 0. The van der Waals surface area contributed by atoms with E-state index in [1.54, 1.807) is 11.3 Å². The second-order valence-electron chi connectivity index (χ2n) is 4.28. The zero-order valence-corrected chi connectivity index (χ0v) is 16.1. The minimum atomic E-state index is 0.195. The quantitative estimate of drug-likeness (QED) is 0.306. The lowest BCUT2D eigenvalue weighted by Gasteiger charge is -2.02. The van der Waals surface area contributed by atoms with Crippen LogP contribution in [0.5, 0.6) is 5.88 Å². The van der Waals surface area contributed by atoms with Crippen LogP contribution in [0.2, 0.25) is 15.7 Å². The molecule has 4 rings (SSSR count). The van der Waals surface area contributed by atoms with Gasteiger partial charge in [0.25, 0.3) is 0 Å².